The topological polar surface area (TPSA) is 39.2 Å². The first kappa shape index (κ1) is 12.7. The van der Waals surface area contributed by atoms with Gasteiger partial charge in [-0.15, -0.1) is 11.3 Å². The van der Waals surface area contributed by atoms with Crippen LogP contribution >= 0.6 is 43.2 Å². The molecule has 6 heteroatoms. The summed E-state index contributed by atoms with van der Waals surface area (Å²) in [4.78, 5) is 15.7. The molecule has 0 saturated carbocycles. The van der Waals surface area contributed by atoms with Crippen LogP contribution < -0.4 is 4.74 Å². The molecule has 2 rings (SSSR count). The normalized spacial score (nSPS) is 10.2. The second-order valence-electron chi connectivity index (χ2n) is 3.19. The number of benzene rings is 1. The predicted octanol–water partition coefficient (Wildman–Crippen LogP) is 4.06. The molecule has 0 radical (unpaired) electrons. The molecule has 0 aliphatic heterocycles. The maximum atomic E-state index is 10.7. The molecule has 3 nitrogen and oxygen atoms in total. The van der Waals surface area contributed by atoms with Gasteiger partial charge in [0.1, 0.15) is 18.6 Å². The summed E-state index contributed by atoms with van der Waals surface area (Å²) in [5.41, 5.74) is 2.35. The maximum absolute atomic E-state index is 10.7. The van der Waals surface area contributed by atoms with Gasteiger partial charge < -0.3 is 4.74 Å². The number of aldehydes is 1. The van der Waals surface area contributed by atoms with Crippen molar-refractivity contribution in [3.05, 3.63) is 43.2 Å². The van der Waals surface area contributed by atoms with E-state index >= 15 is 0 Å². The number of hydrogen-bond acceptors (Lipinski definition) is 4. The first-order valence-corrected chi connectivity index (χ1v) is 7.11. The predicted molar refractivity (Wildman–Crippen MR) is 73.7 cm³/mol. The van der Waals surface area contributed by atoms with Crippen LogP contribution in [0.1, 0.15) is 15.2 Å². The van der Waals surface area contributed by atoms with Crippen molar-refractivity contribution in [1.82, 2.24) is 4.98 Å². The van der Waals surface area contributed by atoms with Gasteiger partial charge in [-0.1, -0.05) is 0 Å². The van der Waals surface area contributed by atoms with Crippen LogP contribution in [0.4, 0.5) is 0 Å². The Hall–Kier alpha value is -0.720. The molecule has 0 aliphatic rings. The van der Waals surface area contributed by atoms with Crippen molar-refractivity contribution in [2.75, 3.05) is 0 Å². The number of thiazole rings is 1. The highest BCUT2D eigenvalue weighted by atomic mass is 79.9. The zero-order chi connectivity index (χ0) is 12.3. The summed E-state index contributed by atoms with van der Waals surface area (Å²) in [6.45, 7) is 0.461. The van der Waals surface area contributed by atoms with Gasteiger partial charge in [0.05, 0.1) is 19.3 Å². The van der Waals surface area contributed by atoms with Crippen molar-refractivity contribution in [2.45, 2.75) is 6.61 Å². The highest BCUT2D eigenvalue weighted by Crippen LogP contribution is 2.35. The van der Waals surface area contributed by atoms with Crippen LogP contribution in [-0.2, 0) is 6.61 Å². The van der Waals surface area contributed by atoms with Gasteiger partial charge in [-0.05, 0) is 44.0 Å². The lowest BCUT2D eigenvalue weighted by molar-refractivity contribution is 0.112. The van der Waals surface area contributed by atoms with Crippen LogP contribution in [0.25, 0.3) is 0 Å². The van der Waals surface area contributed by atoms with Crippen molar-refractivity contribution >= 4 is 49.5 Å². The molecule has 1 aromatic heterocycles. The van der Waals surface area contributed by atoms with Gasteiger partial charge in [0.15, 0.2) is 0 Å². The smallest absolute Gasteiger partial charge is 0.150 e. The van der Waals surface area contributed by atoms with E-state index in [-0.39, 0.29) is 0 Å². The molecule has 0 bridgehead atoms. The Bertz CT molecular complexity index is 505. The number of aromatic nitrogens is 1. The summed E-state index contributed by atoms with van der Waals surface area (Å²) in [6.07, 6.45) is 2.56. The molecular formula is C11H7Br2NO2S. The fourth-order valence-corrected chi connectivity index (χ4v) is 3.20. The van der Waals surface area contributed by atoms with Crippen LogP contribution in [0, 0.1) is 0 Å². The summed E-state index contributed by atoms with van der Waals surface area (Å²) in [6, 6.07) is 3.44. The zero-order valence-corrected chi connectivity index (χ0v) is 12.5. The highest BCUT2D eigenvalue weighted by molar-refractivity contribution is 9.11. The first-order valence-electron chi connectivity index (χ1n) is 4.65. The van der Waals surface area contributed by atoms with Crippen LogP contribution in [0.5, 0.6) is 5.75 Å². The summed E-state index contributed by atoms with van der Waals surface area (Å²) in [7, 11) is 0. The van der Waals surface area contributed by atoms with E-state index in [0.29, 0.717) is 17.9 Å². The van der Waals surface area contributed by atoms with Gasteiger partial charge in [0.2, 0.25) is 0 Å². The van der Waals surface area contributed by atoms with E-state index in [1.54, 1.807) is 23.8 Å². The molecule has 0 fully saturated rings. The molecule has 2 aromatic rings. The summed E-state index contributed by atoms with van der Waals surface area (Å²) in [5.74, 6) is 0.684. The van der Waals surface area contributed by atoms with Gasteiger partial charge in [-0.25, -0.2) is 0 Å². The van der Waals surface area contributed by atoms with E-state index < -0.39 is 0 Å². The Labute approximate surface area is 119 Å². The Morgan fingerprint density at radius 2 is 2.06 bits per heavy atom. The molecule has 0 amide bonds. The third-order valence-corrected chi connectivity index (χ3v) is 3.93. The van der Waals surface area contributed by atoms with E-state index in [2.05, 4.69) is 36.8 Å². The van der Waals surface area contributed by atoms with Crippen molar-refractivity contribution in [3.63, 3.8) is 0 Å². The van der Waals surface area contributed by atoms with Crippen molar-refractivity contribution < 1.29 is 9.53 Å². The molecule has 0 saturated heterocycles. The average Bonchev–Trinajstić information content (AvgIpc) is 2.80. The standard InChI is InChI=1S/C11H7Br2NO2S/c12-9-1-7(4-15)2-10(13)11(9)16-5-8-3-14-6-17-8/h1-4,6H,5H2. The molecular weight excluding hydrogens is 370 g/mol. The monoisotopic (exact) mass is 375 g/mol. The van der Waals surface area contributed by atoms with Crippen molar-refractivity contribution in [2.24, 2.45) is 0 Å². The molecule has 1 aromatic carbocycles. The molecule has 0 aliphatic carbocycles. The molecule has 0 spiro atoms. The minimum absolute atomic E-state index is 0.461. The number of nitrogens with zero attached hydrogens (tertiary/aromatic N) is 1. The number of ether oxygens (including phenoxy) is 1. The number of hydrogen-bond donors (Lipinski definition) is 0. The summed E-state index contributed by atoms with van der Waals surface area (Å²) < 4.78 is 7.17. The van der Waals surface area contributed by atoms with Crippen molar-refractivity contribution in [1.29, 1.82) is 0 Å². The van der Waals surface area contributed by atoms with Crippen LogP contribution in [0.3, 0.4) is 0 Å². The lowest BCUT2D eigenvalue weighted by Gasteiger charge is -2.09. The van der Waals surface area contributed by atoms with Crippen LogP contribution in [0.2, 0.25) is 0 Å². The van der Waals surface area contributed by atoms with Gasteiger partial charge in [-0.2, -0.15) is 0 Å². The Morgan fingerprint density at radius 3 is 2.59 bits per heavy atom. The third-order valence-electron chi connectivity index (χ3n) is 2.00. The van der Waals surface area contributed by atoms with Gasteiger partial charge in [0, 0.05) is 11.8 Å². The maximum Gasteiger partial charge on any atom is 0.150 e. The summed E-state index contributed by atoms with van der Waals surface area (Å²) in [5, 5.41) is 0. The van der Waals surface area contributed by atoms with Gasteiger partial charge in [-0.3, -0.25) is 9.78 Å². The number of rotatable bonds is 4. The molecule has 88 valence electrons. The molecule has 0 N–H and O–H groups in total. The SMILES string of the molecule is O=Cc1cc(Br)c(OCc2cncs2)c(Br)c1. The van der Waals surface area contributed by atoms with Gasteiger partial charge in [0.25, 0.3) is 0 Å². The minimum atomic E-state index is 0.461. The molecule has 0 atom stereocenters. The van der Waals surface area contributed by atoms with E-state index in [1.807, 2.05) is 0 Å². The second kappa shape index (κ2) is 5.75. The van der Waals surface area contributed by atoms with E-state index in [9.17, 15) is 4.79 Å². The first-order chi connectivity index (χ1) is 8.20. The molecule has 17 heavy (non-hydrogen) atoms. The second-order valence-corrected chi connectivity index (χ2v) is 5.87. The molecule has 1 heterocycles. The number of carbonyl (C=O) groups is 1. The highest BCUT2D eigenvalue weighted by Gasteiger charge is 2.09. The quantitative estimate of drug-likeness (QED) is 0.755. The van der Waals surface area contributed by atoms with E-state index in [4.69, 9.17) is 4.74 Å². The van der Waals surface area contributed by atoms with E-state index in [1.165, 1.54) is 11.3 Å². The Morgan fingerprint density at radius 1 is 1.35 bits per heavy atom. The fourth-order valence-electron chi connectivity index (χ4n) is 1.24. The number of halogens is 2. The largest absolute Gasteiger partial charge is 0.486 e. The van der Waals surface area contributed by atoms with Crippen LogP contribution in [-0.4, -0.2) is 11.3 Å². The Balaban J connectivity index is 2.18. The van der Waals surface area contributed by atoms with Crippen LogP contribution in [0.15, 0.2) is 32.8 Å². The fraction of sp³-hybridized carbons (Fsp3) is 0.0909. The lowest BCUT2D eigenvalue weighted by atomic mass is 10.2. The molecule has 0 unspecified atom stereocenters. The van der Waals surface area contributed by atoms with Crippen molar-refractivity contribution in [3.8, 4) is 5.75 Å². The minimum Gasteiger partial charge on any atom is -0.486 e. The lowest BCUT2D eigenvalue weighted by Crippen LogP contribution is -1.95. The summed E-state index contributed by atoms with van der Waals surface area (Å²) >= 11 is 8.29. The van der Waals surface area contributed by atoms with E-state index in [0.717, 1.165) is 20.1 Å². The third kappa shape index (κ3) is 3.14. The Kier molecular flexibility index (Phi) is 4.31. The zero-order valence-electron chi connectivity index (χ0n) is 8.52. The number of carbonyl (C=O) groups excluding carboxylic acids is 1. The average molecular weight is 377 g/mol. The van der Waals surface area contributed by atoms with Gasteiger partial charge >= 0.3 is 0 Å².